The van der Waals surface area contributed by atoms with Crippen LogP contribution in [0, 0.1) is 0 Å². The molecule has 0 heterocycles. The molecule has 2 N–H and O–H groups in total. The van der Waals surface area contributed by atoms with Crippen LogP contribution in [0.25, 0.3) is 0 Å². The lowest BCUT2D eigenvalue weighted by Gasteiger charge is -2.14. The van der Waals surface area contributed by atoms with Crippen LogP contribution in [-0.4, -0.2) is 31.8 Å². The molecule has 0 aliphatic carbocycles. The Morgan fingerprint density at radius 3 is 2.18 bits per heavy atom. The zero-order valence-corrected chi connectivity index (χ0v) is 19.0. The molecule has 0 saturated carbocycles. The summed E-state index contributed by atoms with van der Waals surface area (Å²) < 4.78 is 49.8. The molecule has 3 aromatic rings. The van der Waals surface area contributed by atoms with Gasteiger partial charge < -0.3 is 20.1 Å². The molecule has 6 nitrogen and oxygen atoms in total. The molecule has 178 valence electrons. The van der Waals surface area contributed by atoms with Crippen molar-refractivity contribution in [1.29, 1.82) is 0 Å². The number of para-hydroxylation sites is 1. The molecule has 0 spiro atoms. The Morgan fingerprint density at radius 1 is 0.882 bits per heavy atom. The molecule has 3 rings (SSSR count). The van der Waals surface area contributed by atoms with E-state index < -0.39 is 23.6 Å². The molecule has 0 fully saturated rings. The molecule has 0 unspecified atom stereocenters. The molecule has 34 heavy (non-hydrogen) atoms. The van der Waals surface area contributed by atoms with Gasteiger partial charge in [0.15, 0.2) is 0 Å². The molecule has 0 aromatic heterocycles. The Balaban J connectivity index is 1.66. The highest BCUT2D eigenvalue weighted by molar-refractivity contribution is 8.00. The van der Waals surface area contributed by atoms with E-state index in [2.05, 4.69) is 10.6 Å². The summed E-state index contributed by atoms with van der Waals surface area (Å²) in [6.45, 7) is 0. The lowest BCUT2D eigenvalue weighted by atomic mass is 10.1. The Bertz CT molecular complexity index is 1160. The average Bonchev–Trinajstić information content (AvgIpc) is 2.82. The predicted octanol–water partition coefficient (Wildman–Crippen LogP) is 5.71. The maximum absolute atomic E-state index is 13.1. The Kier molecular flexibility index (Phi) is 8.06. The number of carbonyl (C=O) groups is 2. The smallest absolute Gasteiger partial charge is 0.418 e. The fourth-order valence-corrected chi connectivity index (χ4v) is 3.86. The van der Waals surface area contributed by atoms with Crippen molar-refractivity contribution >= 4 is 35.0 Å². The summed E-state index contributed by atoms with van der Waals surface area (Å²) >= 11 is 1.12. The van der Waals surface area contributed by atoms with Gasteiger partial charge in [-0.2, -0.15) is 13.2 Å². The number of anilines is 2. The number of ether oxygens (including phenoxy) is 2. The first-order valence-corrected chi connectivity index (χ1v) is 10.9. The Hall–Kier alpha value is -3.66. The maximum atomic E-state index is 13.1. The Morgan fingerprint density at radius 2 is 1.53 bits per heavy atom. The number of hydrogen-bond donors (Lipinski definition) is 2. The van der Waals surface area contributed by atoms with E-state index in [4.69, 9.17) is 9.47 Å². The number of methoxy groups -OCH3 is 2. The quantitative estimate of drug-likeness (QED) is 0.396. The molecule has 0 aliphatic rings. The van der Waals surface area contributed by atoms with Crippen molar-refractivity contribution < 1.29 is 32.2 Å². The van der Waals surface area contributed by atoms with Crippen molar-refractivity contribution in [1.82, 2.24) is 0 Å². The lowest BCUT2D eigenvalue weighted by Crippen LogP contribution is -2.18. The third kappa shape index (κ3) is 6.22. The van der Waals surface area contributed by atoms with Crippen LogP contribution in [0.2, 0.25) is 0 Å². The molecule has 10 heteroatoms. The second kappa shape index (κ2) is 11.0. The zero-order chi connectivity index (χ0) is 24.7. The number of amides is 2. The number of nitrogens with one attached hydrogen (secondary N) is 2. The van der Waals surface area contributed by atoms with Gasteiger partial charge in [-0.1, -0.05) is 24.3 Å². The molecule has 0 radical (unpaired) electrons. The zero-order valence-electron chi connectivity index (χ0n) is 18.2. The summed E-state index contributed by atoms with van der Waals surface area (Å²) in [5.74, 6) is -0.464. The minimum atomic E-state index is -4.58. The molecular weight excluding hydrogens is 469 g/mol. The highest BCUT2D eigenvalue weighted by atomic mass is 32.2. The Labute approximate surface area is 198 Å². The van der Waals surface area contributed by atoms with Crippen molar-refractivity contribution in [3.05, 3.63) is 77.9 Å². The van der Waals surface area contributed by atoms with Gasteiger partial charge in [0.2, 0.25) is 5.91 Å². The van der Waals surface area contributed by atoms with Crippen LogP contribution in [-0.2, 0) is 11.0 Å². The normalized spacial score (nSPS) is 11.0. The second-order valence-electron chi connectivity index (χ2n) is 6.90. The SMILES string of the molecule is COc1cccc(OC)c1C(=O)Nc1cccc(SCC(=O)Nc2ccccc2C(F)(F)F)c1. The van der Waals surface area contributed by atoms with E-state index in [0.29, 0.717) is 22.1 Å². The monoisotopic (exact) mass is 490 g/mol. The van der Waals surface area contributed by atoms with Gasteiger partial charge in [0.25, 0.3) is 5.91 Å². The van der Waals surface area contributed by atoms with Gasteiger partial charge >= 0.3 is 6.18 Å². The second-order valence-corrected chi connectivity index (χ2v) is 7.95. The molecular formula is C24H21F3N2O4S. The highest BCUT2D eigenvalue weighted by Crippen LogP contribution is 2.35. The third-order valence-electron chi connectivity index (χ3n) is 4.62. The van der Waals surface area contributed by atoms with Crippen LogP contribution < -0.4 is 20.1 Å². The molecule has 0 atom stereocenters. The number of benzene rings is 3. The first-order chi connectivity index (χ1) is 16.2. The van der Waals surface area contributed by atoms with Crippen molar-refractivity contribution in [2.75, 3.05) is 30.6 Å². The fourth-order valence-electron chi connectivity index (χ4n) is 3.11. The minimum Gasteiger partial charge on any atom is -0.496 e. The summed E-state index contributed by atoms with van der Waals surface area (Å²) in [7, 11) is 2.89. The molecule has 2 amide bonds. The van der Waals surface area contributed by atoms with E-state index >= 15 is 0 Å². The van der Waals surface area contributed by atoms with Crippen LogP contribution in [0.4, 0.5) is 24.5 Å². The van der Waals surface area contributed by atoms with E-state index in [0.717, 1.165) is 17.8 Å². The number of halogens is 3. The van der Waals surface area contributed by atoms with Crippen LogP contribution in [0.15, 0.2) is 71.6 Å². The summed E-state index contributed by atoms with van der Waals surface area (Å²) in [4.78, 5) is 25.7. The number of alkyl halides is 3. The minimum absolute atomic E-state index is 0.121. The van der Waals surface area contributed by atoms with Crippen molar-refractivity contribution in [3.8, 4) is 11.5 Å². The van der Waals surface area contributed by atoms with E-state index in [1.54, 1.807) is 42.5 Å². The van der Waals surface area contributed by atoms with Gasteiger partial charge in [-0.05, 0) is 42.5 Å². The number of thioether (sulfide) groups is 1. The predicted molar refractivity (Wildman–Crippen MR) is 125 cm³/mol. The number of hydrogen-bond acceptors (Lipinski definition) is 5. The highest BCUT2D eigenvalue weighted by Gasteiger charge is 2.33. The van der Waals surface area contributed by atoms with E-state index in [1.807, 2.05) is 0 Å². The van der Waals surface area contributed by atoms with Crippen molar-refractivity contribution in [3.63, 3.8) is 0 Å². The van der Waals surface area contributed by atoms with Crippen molar-refractivity contribution in [2.24, 2.45) is 0 Å². The van der Waals surface area contributed by atoms with Gasteiger partial charge in [-0.25, -0.2) is 0 Å². The first-order valence-electron chi connectivity index (χ1n) is 9.94. The number of rotatable bonds is 8. The average molecular weight is 491 g/mol. The number of carbonyl (C=O) groups excluding carboxylic acids is 2. The standard InChI is InChI=1S/C24H21F3N2O4S/c1-32-19-11-6-12-20(33-2)22(19)23(31)28-15-7-5-8-16(13-15)34-14-21(30)29-18-10-4-3-9-17(18)24(25,26)27/h3-13H,14H2,1-2H3,(H,28,31)(H,29,30). The summed E-state index contributed by atoms with van der Waals surface area (Å²) in [6.07, 6.45) is -4.58. The fraction of sp³-hybridized carbons (Fsp3) is 0.167. The first kappa shape index (κ1) is 25.0. The molecule has 0 saturated heterocycles. The van der Waals surface area contributed by atoms with Crippen molar-refractivity contribution in [2.45, 2.75) is 11.1 Å². The third-order valence-corrected chi connectivity index (χ3v) is 5.62. The molecule has 0 aliphatic heterocycles. The van der Waals surface area contributed by atoms with E-state index in [-0.39, 0.29) is 17.0 Å². The topological polar surface area (TPSA) is 76.7 Å². The summed E-state index contributed by atoms with van der Waals surface area (Å²) in [6, 6.07) is 16.5. The van der Waals surface area contributed by atoms with Gasteiger partial charge in [-0.3, -0.25) is 9.59 Å². The maximum Gasteiger partial charge on any atom is 0.418 e. The summed E-state index contributed by atoms with van der Waals surface area (Å²) in [5.41, 5.74) is -0.517. The van der Waals surface area contributed by atoms with Gasteiger partial charge in [0, 0.05) is 10.6 Å². The van der Waals surface area contributed by atoms with Crippen LogP contribution in [0.1, 0.15) is 15.9 Å². The van der Waals surface area contributed by atoms with Crippen LogP contribution >= 0.6 is 11.8 Å². The van der Waals surface area contributed by atoms with Gasteiger partial charge in [0.05, 0.1) is 31.2 Å². The van der Waals surface area contributed by atoms with E-state index in [9.17, 15) is 22.8 Å². The lowest BCUT2D eigenvalue weighted by molar-refractivity contribution is -0.137. The largest absolute Gasteiger partial charge is 0.496 e. The van der Waals surface area contributed by atoms with Crippen LogP contribution in [0.3, 0.4) is 0 Å². The van der Waals surface area contributed by atoms with E-state index in [1.165, 1.54) is 32.4 Å². The summed E-state index contributed by atoms with van der Waals surface area (Å²) in [5, 5.41) is 5.07. The van der Waals surface area contributed by atoms with Gasteiger partial charge in [-0.15, -0.1) is 11.8 Å². The van der Waals surface area contributed by atoms with Gasteiger partial charge in [0.1, 0.15) is 17.1 Å². The van der Waals surface area contributed by atoms with Crippen LogP contribution in [0.5, 0.6) is 11.5 Å². The molecule has 0 bridgehead atoms. The molecule has 3 aromatic carbocycles.